The van der Waals surface area contributed by atoms with Crippen LogP contribution in [0, 0.1) is 0 Å². The summed E-state index contributed by atoms with van der Waals surface area (Å²) in [6.45, 7) is 0.321. The van der Waals surface area contributed by atoms with Gasteiger partial charge in [0, 0.05) is 12.1 Å². The van der Waals surface area contributed by atoms with Gasteiger partial charge in [0.05, 0.1) is 13.1 Å². The molecule has 0 spiro atoms. The zero-order valence-electron chi connectivity index (χ0n) is 16.2. The van der Waals surface area contributed by atoms with E-state index in [0.29, 0.717) is 25.3 Å². The molecule has 0 unspecified atom stereocenters. The van der Waals surface area contributed by atoms with Crippen LogP contribution in [0.3, 0.4) is 0 Å². The molecule has 1 aromatic heterocycles. The Morgan fingerprint density at radius 2 is 1.97 bits per heavy atom. The van der Waals surface area contributed by atoms with E-state index in [1.165, 1.54) is 11.2 Å². The molecule has 2 heterocycles. The molecule has 0 saturated carbocycles. The molecule has 3 rings (SSSR count). The predicted octanol–water partition coefficient (Wildman–Crippen LogP) is 2.06. The summed E-state index contributed by atoms with van der Waals surface area (Å²) < 4.78 is 18.3. The Labute approximate surface area is 172 Å². The van der Waals surface area contributed by atoms with Crippen LogP contribution in [0.1, 0.15) is 29.8 Å². The normalized spacial score (nSPS) is 14.6. The van der Waals surface area contributed by atoms with Crippen LogP contribution >= 0.6 is 0 Å². The van der Waals surface area contributed by atoms with E-state index in [4.69, 9.17) is 9.52 Å². The van der Waals surface area contributed by atoms with Crippen molar-refractivity contribution in [2.24, 2.45) is 0 Å². The summed E-state index contributed by atoms with van der Waals surface area (Å²) in [7, 11) is 0. The van der Waals surface area contributed by atoms with Crippen molar-refractivity contribution < 1.29 is 28.3 Å². The third kappa shape index (κ3) is 5.56. The van der Waals surface area contributed by atoms with Gasteiger partial charge >= 0.3 is 6.09 Å². The number of alkyl halides is 1. The zero-order valence-corrected chi connectivity index (χ0v) is 16.2. The fourth-order valence-corrected chi connectivity index (χ4v) is 3.09. The molecule has 1 atom stereocenters. The Kier molecular flexibility index (Phi) is 6.99. The van der Waals surface area contributed by atoms with Crippen LogP contribution in [0.25, 0.3) is 11.5 Å². The van der Waals surface area contributed by atoms with E-state index in [-0.39, 0.29) is 31.1 Å². The molecule has 1 aromatic carbocycles. The molecule has 160 valence electrons. The van der Waals surface area contributed by atoms with Crippen molar-refractivity contribution in [3.05, 3.63) is 42.3 Å². The van der Waals surface area contributed by atoms with Crippen molar-refractivity contribution in [3.63, 3.8) is 0 Å². The number of hydrogen-bond donors (Lipinski definition) is 3. The number of likely N-dealkylation sites (tertiary alicyclic amines) is 1. The number of nitrogens with zero attached hydrogens (tertiary/aromatic N) is 2. The fourth-order valence-electron chi connectivity index (χ4n) is 3.09. The Bertz CT molecular complexity index is 882. The second-order valence-electron chi connectivity index (χ2n) is 7.00. The number of oxazole rings is 1. The monoisotopic (exact) mass is 418 g/mol. The maximum atomic E-state index is 12.9. The maximum Gasteiger partial charge on any atom is 0.405 e. The van der Waals surface area contributed by atoms with Gasteiger partial charge in [-0.15, -0.1) is 0 Å². The summed E-state index contributed by atoms with van der Waals surface area (Å²) in [6, 6.07) is 8.28. The average molecular weight is 418 g/mol. The molecule has 2 aromatic rings. The van der Waals surface area contributed by atoms with Gasteiger partial charge in [0.25, 0.3) is 5.91 Å². The summed E-state index contributed by atoms with van der Waals surface area (Å²) in [5.74, 6) is -0.457. The highest BCUT2D eigenvalue weighted by molar-refractivity contribution is 5.92. The lowest BCUT2D eigenvalue weighted by atomic mass is 10.1. The number of hydrogen-bond acceptors (Lipinski definition) is 5. The van der Waals surface area contributed by atoms with Crippen LogP contribution in [0.15, 0.2) is 41.0 Å². The third-order valence-corrected chi connectivity index (χ3v) is 4.71. The van der Waals surface area contributed by atoms with Crippen LogP contribution < -0.4 is 10.6 Å². The highest BCUT2D eigenvalue weighted by atomic mass is 19.1. The first-order valence-electron chi connectivity index (χ1n) is 9.65. The lowest BCUT2D eigenvalue weighted by Crippen LogP contribution is -2.57. The van der Waals surface area contributed by atoms with Crippen LogP contribution in [0.2, 0.25) is 0 Å². The molecule has 0 aliphatic carbocycles. The third-order valence-electron chi connectivity index (χ3n) is 4.71. The van der Waals surface area contributed by atoms with Gasteiger partial charge in [-0.3, -0.25) is 9.59 Å². The van der Waals surface area contributed by atoms with Gasteiger partial charge in [-0.05, 0) is 31.4 Å². The van der Waals surface area contributed by atoms with E-state index >= 15 is 0 Å². The van der Waals surface area contributed by atoms with E-state index in [0.717, 1.165) is 5.56 Å². The van der Waals surface area contributed by atoms with Gasteiger partial charge in [-0.2, -0.15) is 0 Å². The van der Waals surface area contributed by atoms with Gasteiger partial charge < -0.3 is 25.1 Å². The van der Waals surface area contributed by atoms with Gasteiger partial charge in [0.1, 0.15) is 18.5 Å². The SMILES string of the molecule is O=C(O)N[C@@H](CCCCNC(=O)c1coc(-c2ccccc2)n1)C(=O)N1CC(F)C1. The van der Waals surface area contributed by atoms with Crippen molar-refractivity contribution in [3.8, 4) is 11.5 Å². The Hall–Kier alpha value is -3.43. The molecule has 1 saturated heterocycles. The maximum absolute atomic E-state index is 12.9. The van der Waals surface area contributed by atoms with E-state index in [9.17, 15) is 18.8 Å². The topological polar surface area (TPSA) is 125 Å². The van der Waals surface area contributed by atoms with E-state index in [1.54, 1.807) is 0 Å². The molecular formula is C20H23FN4O5. The number of halogens is 1. The van der Waals surface area contributed by atoms with E-state index in [2.05, 4.69) is 15.6 Å². The number of benzene rings is 1. The zero-order chi connectivity index (χ0) is 21.5. The molecule has 9 nitrogen and oxygen atoms in total. The first kappa shape index (κ1) is 21.3. The number of aromatic nitrogens is 1. The second kappa shape index (κ2) is 9.86. The van der Waals surface area contributed by atoms with Gasteiger partial charge in [-0.1, -0.05) is 18.2 Å². The van der Waals surface area contributed by atoms with Crippen molar-refractivity contribution in [1.82, 2.24) is 20.5 Å². The summed E-state index contributed by atoms with van der Waals surface area (Å²) in [6.07, 6.45) is 0.224. The number of unbranched alkanes of at least 4 members (excludes halogenated alkanes) is 1. The molecule has 10 heteroatoms. The lowest BCUT2D eigenvalue weighted by Gasteiger charge is -2.36. The first-order valence-corrected chi connectivity index (χ1v) is 9.65. The molecule has 30 heavy (non-hydrogen) atoms. The summed E-state index contributed by atoms with van der Waals surface area (Å²) in [5, 5.41) is 13.8. The number of rotatable bonds is 9. The van der Waals surface area contributed by atoms with Crippen LogP contribution in [0.4, 0.5) is 9.18 Å². The number of carboxylic acid groups (broad SMARTS) is 1. The van der Waals surface area contributed by atoms with Gasteiger partial charge in [0.15, 0.2) is 5.69 Å². The van der Waals surface area contributed by atoms with Crippen LogP contribution in [-0.4, -0.2) is 64.7 Å². The summed E-state index contributed by atoms with van der Waals surface area (Å²) in [4.78, 5) is 40.8. The highest BCUT2D eigenvalue weighted by Crippen LogP contribution is 2.18. The second-order valence-corrected chi connectivity index (χ2v) is 7.00. The summed E-state index contributed by atoms with van der Waals surface area (Å²) in [5.41, 5.74) is 0.924. The fraction of sp³-hybridized carbons (Fsp3) is 0.400. The molecule has 3 amide bonds. The van der Waals surface area contributed by atoms with E-state index in [1.807, 2.05) is 30.3 Å². The van der Waals surface area contributed by atoms with Crippen LogP contribution in [-0.2, 0) is 4.79 Å². The minimum absolute atomic E-state index is 0.00460. The van der Waals surface area contributed by atoms with E-state index < -0.39 is 24.2 Å². The quantitative estimate of drug-likeness (QED) is 0.536. The molecule has 3 N–H and O–H groups in total. The molecule has 1 fully saturated rings. The van der Waals surface area contributed by atoms with Crippen molar-refractivity contribution in [2.75, 3.05) is 19.6 Å². The lowest BCUT2D eigenvalue weighted by molar-refractivity contribution is -0.140. The minimum atomic E-state index is -1.31. The van der Waals surface area contributed by atoms with Crippen molar-refractivity contribution in [1.29, 1.82) is 0 Å². The molecule has 1 aliphatic heterocycles. The number of carbonyl (C=O) groups excluding carboxylic acids is 2. The van der Waals surface area contributed by atoms with Gasteiger partial charge in [0.2, 0.25) is 11.8 Å². The molecule has 0 radical (unpaired) electrons. The van der Waals surface area contributed by atoms with Crippen molar-refractivity contribution >= 4 is 17.9 Å². The minimum Gasteiger partial charge on any atom is -0.465 e. The largest absolute Gasteiger partial charge is 0.465 e. The molecule has 0 bridgehead atoms. The average Bonchev–Trinajstić information content (AvgIpc) is 3.20. The Morgan fingerprint density at radius 3 is 2.63 bits per heavy atom. The first-order chi connectivity index (χ1) is 14.4. The summed E-state index contributed by atoms with van der Waals surface area (Å²) >= 11 is 0. The van der Waals surface area contributed by atoms with Crippen molar-refractivity contribution in [2.45, 2.75) is 31.5 Å². The number of carbonyl (C=O) groups is 3. The van der Waals surface area contributed by atoms with Crippen LogP contribution in [0.5, 0.6) is 0 Å². The highest BCUT2D eigenvalue weighted by Gasteiger charge is 2.34. The molecule has 1 aliphatic rings. The predicted molar refractivity (Wildman–Crippen MR) is 105 cm³/mol. The standard InChI is InChI=1S/C20H23FN4O5/c21-14-10-25(11-14)19(27)15(24-20(28)29)8-4-5-9-22-17(26)16-12-30-18(23-16)13-6-2-1-3-7-13/h1-3,6-7,12,14-15,24H,4-5,8-11H2,(H,22,26)(H,28,29)/t15-/m0/s1. The van der Waals surface area contributed by atoms with Gasteiger partial charge in [-0.25, -0.2) is 14.2 Å². The molecular weight excluding hydrogens is 395 g/mol. The Balaban J connectivity index is 1.41. The smallest absolute Gasteiger partial charge is 0.405 e. The number of nitrogens with one attached hydrogen (secondary N) is 2. The number of amides is 3. The Morgan fingerprint density at radius 1 is 1.23 bits per heavy atom.